The maximum Gasteiger partial charge on any atom is 0.251 e. The van der Waals surface area contributed by atoms with Crippen molar-refractivity contribution in [1.29, 1.82) is 0 Å². The molecule has 35 heavy (non-hydrogen) atoms. The topological polar surface area (TPSA) is 56.7 Å². The first kappa shape index (κ1) is 28.8. The van der Waals surface area contributed by atoms with Crippen molar-refractivity contribution >= 4 is 5.91 Å². The molecule has 3 aromatic carbocycles. The number of carbonyl (C=O) groups is 1. The molecule has 4 N–H and O–H groups in total. The maximum absolute atomic E-state index is 13.4. The molecule has 0 unspecified atom stereocenters. The summed E-state index contributed by atoms with van der Waals surface area (Å²) in [6.07, 6.45) is 3.32. The van der Waals surface area contributed by atoms with Crippen molar-refractivity contribution in [2.75, 3.05) is 6.54 Å². The first-order valence-electron chi connectivity index (χ1n) is 11.5. The van der Waals surface area contributed by atoms with Gasteiger partial charge in [0, 0.05) is 18.0 Å². The zero-order chi connectivity index (χ0) is 23.6. The second-order valence-electron chi connectivity index (χ2n) is 9.89. The summed E-state index contributed by atoms with van der Waals surface area (Å²) < 4.78 is 26.9. The van der Waals surface area contributed by atoms with E-state index >= 15 is 0 Å². The first-order valence-corrected chi connectivity index (χ1v) is 11.5. The molecule has 2 atom stereocenters. The Bertz CT molecular complexity index is 1070. The van der Waals surface area contributed by atoms with Gasteiger partial charge in [0.2, 0.25) is 0 Å². The average Bonchev–Trinajstić information content (AvgIpc) is 3.28. The standard InChI is InChI=1S/C28H30F2N2O.2ClH/c1-28(2,31)24-8-3-18(13-24)17-32-27(33)23-15-21(19-4-9-25(29)10-5-19)14-22(16-23)20-6-11-26(30)12-7-20;;/h4-7,9-12,14-16,18,24H,3,8,13,17,31H2,1-2H3,(H,32,33);2*1H/p-1/t18-,24+;;/m0../s1. The summed E-state index contributed by atoms with van der Waals surface area (Å²) in [7, 11) is 0. The summed E-state index contributed by atoms with van der Waals surface area (Å²) in [5.74, 6) is 0.265. The van der Waals surface area contributed by atoms with E-state index in [4.69, 9.17) is 0 Å². The second kappa shape index (κ2) is 12.0. The zero-order valence-electron chi connectivity index (χ0n) is 20.0. The number of carbonyl (C=O) groups excluding carboxylic acids is 1. The summed E-state index contributed by atoms with van der Waals surface area (Å²) in [6.45, 7) is 4.99. The lowest BCUT2D eigenvalue weighted by atomic mass is 9.86. The Hall–Kier alpha value is -2.47. The molecule has 0 radical (unpaired) electrons. The fourth-order valence-electron chi connectivity index (χ4n) is 4.69. The lowest BCUT2D eigenvalue weighted by Crippen LogP contribution is -3.00. The van der Waals surface area contributed by atoms with E-state index in [2.05, 4.69) is 24.9 Å². The number of benzene rings is 3. The molecule has 0 aromatic heterocycles. The number of nitrogens with one attached hydrogen (secondary N) is 1. The minimum atomic E-state index is -0.313. The van der Waals surface area contributed by atoms with Crippen molar-refractivity contribution in [3.05, 3.63) is 83.9 Å². The second-order valence-corrected chi connectivity index (χ2v) is 9.89. The molecular weight excluding hydrogens is 489 g/mol. The van der Waals surface area contributed by atoms with Crippen molar-refractivity contribution in [3.8, 4) is 22.3 Å². The SMILES string of the molecule is CC(C)([NH3+])[C@@H]1CC[C@H](CNC(=O)c2cc(-c3ccc(F)cc3)cc(-c3ccc(F)cc3)c2)C1.[Cl-].[Cl-]. The molecule has 3 nitrogen and oxygen atoms in total. The van der Waals surface area contributed by atoms with Gasteiger partial charge in [-0.15, -0.1) is 0 Å². The average molecular weight is 520 g/mol. The van der Waals surface area contributed by atoms with Crippen LogP contribution < -0.4 is 35.9 Å². The van der Waals surface area contributed by atoms with E-state index in [9.17, 15) is 13.6 Å². The molecule has 1 saturated carbocycles. The summed E-state index contributed by atoms with van der Waals surface area (Å²) in [5, 5.41) is 3.11. The fraction of sp³-hybridized carbons (Fsp3) is 0.321. The molecule has 1 fully saturated rings. The third-order valence-corrected chi connectivity index (χ3v) is 6.75. The van der Waals surface area contributed by atoms with Crippen LogP contribution in [0.4, 0.5) is 8.78 Å². The van der Waals surface area contributed by atoms with Gasteiger partial charge in [-0.1, -0.05) is 24.3 Å². The molecule has 7 heteroatoms. The van der Waals surface area contributed by atoms with E-state index in [1.54, 1.807) is 24.3 Å². The molecule has 3 aromatic rings. The predicted molar refractivity (Wildman–Crippen MR) is 127 cm³/mol. The van der Waals surface area contributed by atoms with Gasteiger partial charge >= 0.3 is 0 Å². The Balaban J connectivity index is 0.00000216. The molecule has 0 saturated heterocycles. The third kappa shape index (κ3) is 7.26. The number of hydrogen-bond donors (Lipinski definition) is 2. The van der Waals surface area contributed by atoms with Gasteiger partial charge in [-0.2, -0.15) is 0 Å². The van der Waals surface area contributed by atoms with Gasteiger partial charge in [-0.25, -0.2) is 8.78 Å². The number of hydrogen-bond acceptors (Lipinski definition) is 1. The van der Waals surface area contributed by atoms with Crippen LogP contribution >= 0.6 is 0 Å². The lowest BCUT2D eigenvalue weighted by molar-refractivity contribution is -0.480. The molecule has 1 amide bonds. The normalized spacial score (nSPS) is 17.3. The molecular formula is C28H31Cl2F2N2O-. The van der Waals surface area contributed by atoms with Crippen molar-refractivity contribution in [1.82, 2.24) is 5.32 Å². The Labute approximate surface area is 218 Å². The summed E-state index contributed by atoms with van der Waals surface area (Å²) in [6, 6.07) is 18.0. The van der Waals surface area contributed by atoms with E-state index in [1.165, 1.54) is 24.3 Å². The van der Waals surface area contributed by atoms with Gasteiger partial charge < -0.3 is 35.9 Å². The van der Waals surface area contributed by atoms with Gasteiger partial charge in [0.15, 0.2) is 0 Å². The van der Waals surface area contributed by atoms with Crippen LogP contribution in [0.5, 0.6) is 0 Å². The molecule has 1 aliphatic rings. The highest BCUT2D eigenvalue weighted by atomic mass is 35.5. The van der Waals surface area contributed by atoms with Crippen LogP contribution in [-0.2, 0) is 0 Å². The predicted octanol–water partition coefficient (Wildman–Crippen LogP) is -0.527. The Morgan fingerprint density at radius 1 is 0.857 bits per heavy atom. The van der Waals surface area contributed by atoms with Gasteiger partial charge in [0.05, 0.1) is 5.54 Å². The fourth-order valence-corrected chi connectivity index (χ4v) is 4.69. The van der Waals surface area contributed by atoms with Crippen LogP contribution in [0.2, 0.25) is 0 Å². The summed E-state index contributed by atoms with van der Waals surface area (Å²) >= 11 is 0. The van der Waals surface area contributed by atoms with Crippen LogP contribution in [0.1, 0.15) is 43.5 Å². The molecule has 0 aliphatic heterocycles. The van der Waals surface area contributed by atoms with Crippen LogP contribution in [-0.4, -0.2) is 18.0 Å². The van der Waals surface area contributed by atoms with Crippen molar-refractivity contribution in [2.45, 2.75) is 38.6 Å². The smallest absolute Gasteiger partial charge is 0.251 e. The zero-order valence-corrected chi connectivity index (χ0v) is 21.5. The lowest BCUT2D eigenvalue weighted by Gasteiger charge is -2.23. The van der Waals surface area contributed by atoms with E-state index in [0.717, 1.165) is 41.5 Å². The van der Waals surface area contributed by atoms with Crippen molar-refractivity contribution < 1.29 is 44.1 Å². The minimum Gasteiger partial charge on any atom is -1.00 e. The molecule has 1 aliphatic carbocycles. The quantitative estimate of drug-likeness (QED) is 0.452. The minimum absolute atomic E-state index is 0. The third-order valence-electron chi connectivity index (χ3n) is 6.75. The van der Waals surface area contributed by atoms with Gasteiger partial charge in [-0.05, 0) is 104 Å². The maximum atomic E-state index is 13.4. The van der Waals surface area contributed by atoms with E-state index in [1.807, 2.05) is 18.2 Å². The number of quaternary nitrogens is 1. The molecule has 188 valence electrons. The Kier molecular flexibility index (Phi) is 9.85. The Morgan fingerprint density at radius 3 is 1.77 bits per heavy atom. The monoisotopic (exact) mass is 519 g/mol. The number of rotatable bonds is 6. The van der Waals surface area contributed by atoms with Crippen LogP contribution in [0.25, 0.3) is 22.3 Å². The Morgan fingerprint density at radius 2 is 1.34 bits per heavy atom. The van der Waals surface area contributed by atoms with Crippen molar-refractivity contribution in [3.63, 3.8) is 0 Å². The number of amides is 1. The van der Waals surface area contributed by atoms with Crippen LogP contribution in [0.3, 0.4) is 0 Å². The summed E-state index contributed by atoms with van der Waals surface area (Å²) in [5.41, 5.74) is 8.10. The molecule has 0 spiro atoms. The summed E-state index contributed by atoms with van der Waals surface area (Å²) in [4.78, 5) is 13.1. The van der Waals surface area contributed by atoms with Crippen molar-refractivity contribution in [2.24, 2.45) is 11.8 Å². The molecule has 4 rings (SSSR count). The van der Waals surface area contributed by atoms with Gasteiger partial charge in [0.1, 0.15) is 11.6 Å². The first-order chi connectivity index (χ1) is 15.7. The van der Waals surface area contributed by atoms with Gasteiger partial charge in [-0.3, -0.25) is 4.79 Å². The highest BCUT2D eigenvalue weighted by molar-refractivity contribution is 5.97. The van der Waals surface area contributed by atoms with Crippen LogP contribution in [0.15, 0.2) is 66.7 Å². The highest BCUT2D eigenvalue weighted by Crippen LogP contribution is 2.35. The van der Waals surface area contributed by atoms with E-state index < -0.39 is 0 Å². The van der Waals surface area contributed by atoms with E-state index in [-0.39, 0.29) is 47.9 Å². The molecule has 0 heterocycles. The largest absolute Gasteiger partial charge is 1.00 e. The number of halogens is 4. The van der Waals surface area contributed by atoms with Crippen LogP contribution in [0, 0.1) is 23.5 Å². The molecule has 0 bridgehead atoms. The van der Waals surface area contributed by atoms with E-state index in [0.29, 0.717) is 23.9 Å². The van der Waals surface area contributed by atoms with Gasteiger partial charge in [0.25, 0.3) is 5.91 Å². The highest BCUT2D eigenvalue weighted by Gasteiger charge is 2.36.